The summed E-state index contributed by atoms with van der Waals surface area (Å²) >= 11 is 0. The molecular formula is C18H18N2O5. The number of hydrogen-bond donors (Lipinski definition) is 1. The lowest BCUT2D eigenvalue weighted by atomic mass is 10.1. The van der Waals surface area contributed by atoms with E-state index in [0.717, 1.165) is 0 Å². The van der Waals surface area contributed by atoms with Crippen molar-refractivity contribution in [3.8, 4) is 11.5 Å². The minimum Gasteiger partial charge on any atom is -0.497 e. The highest BCUT2D eigenvalue weighted by Crippen LogP contribution is 2.30. The van der Waals surface area contributed by atoms with Gasteiger partial charge in [-0.1, -0.05) is 0 Å². The van der Waals surface area contributed by atoms with Crippen molar-refractivity contribution in [3.63, 3.8) is 0 Å². The lowest BCUT2D eigenvalue weighted by Gasteiger charge is -2.11. The van der Waals surface area contributed by atoms with Crippen LogP contribution < -0.4 is 14.8 Å². The molecule has 0 spiro atoms. The van der Waals surface area contributed by atoms with E-state index in [9.17, 15) is 14.9 Å². The third kappa shape index (κ3) is 4.57. The molecule has 0 saturated carbocycles. The third-order valence-corrected chi connectivity index (χ3v) is 3.45. The molecule has 0 aliphatic carbocycles. The minimum atomic E-state index is -0.498. The first-order valence-corrected chi connectivity index (χ1v) is 7.40. The van der Waals surface area contributed by atoms with Crippen molar-refractivity contribution in [1.29, 1.82) is 0 Å². The molecule has 1 N–H and O–H groups in total. The highest BCUT2D eigenvalue weighted by molar-refractivity contribution is 6.05. The van der Waals surface area contributed by atoms with Crippen LogP contribution in [0, 0.1) is 10.1 Å². The van der Waals surface area contributed by atoms with Crippen molar-refractivity contribution >= 4 is 17.2 Å². The van der Waals surface area contributed by atoms with Gasteiger partial charge >= 0.3 is 0 Å². The Morgan fingerprint density at radius 2 is 1.80 bits per heavy atom. The first-order valence-electron chi connectivity index (χ1n) is 7.40. The molecule has 7 heteroatoms. The van der Waals surface area contributed by atoms with Crippen molar-refractivity contribution in [2.45, 2.75) is 6.92 Å². The van der Waals surface area contributed by atoms with Crippen LogP contribution in [0.25, 0.3) is 0 Å². The topological polar surface area (TPSA) is 90.7 Å². The molecule has 0 aliphatic rings. The molecule has 0 radical (unpaired) electrons. The smallest absolute Gasteiger partial charge is 0.273 e. The highest BCUT2D eigenvalue weighted by Gasteiger charge is 2.12. The van der Waals surface area contributed by atoms with E-state index < -0.39 is 4.92 Å². The Balaban J connectivity index is 2.17. The fraction of sp³-hybridized carbons (Fsp3) is 0.167. The van der Waals surface area contributed by atoms with E-state index in [2.05, 4.69) is 5.32 Å². The second kappa shape index (κ2) is 7.96. The summed E-state index contributed by atoms with van der Waals surface area (Å²) < 4.78 is 10.2. The number of ketones is 1. The third-order valence-electron chi connectivity index (χ3n) is 3.45. The summed E-state index contributed by atoms with van der Waals surface area (Å²) in [4.78, 5) is 22.6. The number of carbonyl (C=O) groups is 1. The number of nitrogens with one attached hydrogen (secondary N) is 1. The molecule has 0 atom stereocenters. The van der Waals surface area contributed by atoms with Gasteiger partial charge in [0.15, 0.2) is 5.78 Å². The number of methoxy groups -OCH3 is 2. The van der Waals surface area contributed by atoms with Gasteiger partial charge in [-0.15, -0.1) is 0 Å². The van der Waals surface area contributed by atoms with E-state index in [0.29, 0.717) is 28.4 Å². The number of nitro benzene ring substituents is 1. The van der Waals surface area contributed by atoms with Gasteiger partial charge in [0.25, 0.3) is 5.69 Å². The zero-order valence-electron chi connectivity index (χ0n) is 14.1. The van der Waals surface area contributed by atoms with Crippen LogP contribution >= 0.6 is 0 Å². The Morgan fingerprint density at radius 1 is 1.12 bits per heavy atom. The second-order valence-corrected chi connectivity index (χ2v) is 5.19. The Morgan fingerprint density at radius 3 is 2.36 bits per heavy atom. The molecule has 130 valence electrons. The number of nitrogens with zero attached hydrogens (tertiary/aromatic N) is 1. The van der Waals surface area contributed by atoms with Crippen molar-refractivity contribution in [2.75, 3.05) is 19.5 Å². The summed E-state index contributed by atoms with van der Waals surface area (Å²) in [6.45, 7) is 1.72. The van der Waals surface area contributed by atoms with E-state index >= 15 is 0 Å². The van der Waals surface area contributed by atoms with Crippen molar-refractivity contribution in [1.82, 2.24) is 0 Å². The average molecular weight is 342 g/mol. The summed E-state index contributed by atoms with van der Waals surface area (Å²) in [7, 11) is 2.98. The number of benzene rings is 2. The molecule has 0 bridgehead atoms. The standard InChI is InChI=1S/C18H18N2O5/c1-12(10-17(21)13-4-7-15(24-2)8-5-13)19-16-9-6-14(20(22)23)11-18(16)25-3/h4-11,19H,1-3H3/b12-10+. The number of carbonyl (C=O) groups excluding carboxylic acids is 1. The molecule has 2 aromatic carbocycles. The Hall–Kier alpha value is -3.35. The summed E-state index contributed by atoms with van der Waals surface area (Å²) in [5.74, 6) is 0.818. The van der Waals surface area contributed by atoms with Gasteiger partial charge in [0.1, 0.15) is 11.5 Å². The Bertz CT molecular complexity index is 813. The lowest BCUT2D eigenvalue weighted by molar-refractivity contribution is -0.384. The summed E-state index contributed by atoms with van der Waals surface area (Å²) in [5, 5.41) is 13.8. The van der Waals surface area contributed by atoms with Gasteiger partial charge in [-0.25, -0.2) is 0 Å². The van der Waals surface area contributed by atoms with Crippen LogP contribution in [-0.2, 0) is 0 Å². The minimum absolute atomic E-state index is 0.0710. The molecule has 0 heterocycles. The van der Waals surface area contributed by atoms with Crippen LogP contribution in [-0.4, -0.2) is 24.9 Å². The normalized spacial score (nSPS) is 10.9. The summed E-state index contributed by atoms with van der Waals surface area (Å²) in [5.41, 5.74) is 1.56. The quantitative estimate of drug-likeness (QED) is 0.356. The predicted octanol–water partition coefficient (Wildman–Crippen LogP) is 3.81. The van der Waals surface area contributed by atoms with Crippen molar-refractivity contribution < 1.29 is 19.2 Å². The zero-order chi connectivity index (χ0) is 18.4. The van der Waals surface area contributed by atoms with Crippen LogP contribution in [0.4, 0.5) is 11.4 Å². The molecular weight excluding hydrogens is 324 g/mol. The summed E-state index contributed by atoms with van der Waals surface area (Å²) in [6, 6.07) is 11.0. The van der Waals surface area contributed by atoms with Crippen LogP contribution in [0.2, 0.25) is 0 Å². The summed E-state index contributed by atoms with van der Waals surface area (Å²) in [6.07, 6.45) is 1.45. The van der Waals surface area contributed by atoms with E-state index in [4.69, 9.17) is 9.47 Å². The first-order chi connectivity index (χ1) is 11.9. The maximum atomic E-state index is 12.3. The van der Waals surface area contributed by atoms with Crippen LogP contribution in [0.5, 0.6) is 11.5 Å². The first kappa shape index (κ1) is 18.0. The van der Waals surface area contributed by atoms with Crippen LogP contribution in [0.15, 0.2) is 54.2 Å². The highest BCUT2D eigenvalue weighted by atomic mass is 16.6. The number of anilines is 1. The molecule has 2 aromatic rings. The zero-order valence-corrected chi connectivity index (χ0v) is 14.1. The van der Waals surface area contributed by atoms with Gasteiger partial charge in [0.05, 0.1) is 30.9 Å². The van der Waals surface area contributed by atoms with Crippen molar-refractivity contribution in [2.24, 2.45) is 0 Å². The molecule has 0 aliphatic heterocycles. The van der Waals surface area contributed by atoms with Gasteiger partial charge in [-0.3, -0.25) is 14.9 Å². The predicted molar refractivity (Wildman–Crippen MR) is 94.4 cm³/mol. The lowest BCUT2D eigenvalue weighted by Crippen LogP contribution is -2.03. The number of allylic oxidation sites excluding steroid dienone is 2. The molecule has 7 nitrogen and oxygen atoms in total. The second-order valence-electron chi connectivity index (χ2n) is 5.19. The van der Waals surface area contributed by atoms with E-state index in [1.165, 1.54) is 31.4 Å². The van der Waals surface area contributed by atoms with Crippen LogP contribution in [0.3, 0.4) is 0 Å². The molecule has 0 aromatic heterocycles. The largest absolute Gasteiger partial charge is 0.497 e. The number of hydrogen-bond acceptors (Lipinski definition) is 6. The molecule has 25 heavy (non-hydrogen) atoms. The molecule has 2 rings (SSSR count). The fourth-order valence-electron chi connectivity index (χ4n) is 2.18. The maximum absolute atomic E-state index is 12.3. The number of non-ortho nitro benzene ring substituents is 1. The van der Waals surface area contributed by atoms with Crippen molar-refractivity contribution in [3.05, 3.63) is 69.9 Å². The number of nitro groups is 1. The number of rotatable bonds is 7. The molecule has 0 fully saturated rings. The maximum Gasteiger partial charge on any atom is 0.273 e. The number of ether oxygens (including phenoxy) is 2. The van der Waals surface area contributed by atoms with E-state index in [1.54, 1.807) is 38.3 Å². The van der Waals surface area contributed by atoms with E-state index in [1.807, 2.05) is 0 Å². The molecule has 0 unspecified atom stereocenters. The fourth-order valence-corrected chi connectivity index (χ4v) is 2.18. The van der Waals surface area contributed by atoms with Gasteiger partial charge < -0.3 is 14.8 Å². The van der Waals surface area contributed by atoms with Gasteiger partial charge in [0, 0.05) is 23.4 Å². The van der Waals surface area contributed by atoms with Gasteiger partial charge in [-0.2, -0.15) is 0 Å². The monoisotopic (exact) mass is 342 g/mol. The SMILES string of the molecule is COc1ccc(C(=O)/C=C(\C)Nc2ccc([N+](=O)[O-])cc2OC)cc1. The molecule has 0 amide bonds. The van der Waals surface area contributed by atoms with Gasteiger partial charge in [0.2, 0.25) is 0 Å². The van der Waals surface area contributed by atoms with Gasteiger partial charge in [-0.05, 0) is 37.3 Å². The average Bonchev–Trinajstić information content (AvgIpc) is 2.61. The Labute approximate surface area is 145 Å². The molecule has 0 saturated heterocycles. The van der Waals surface area contributed by atoms with E-state index in [-0.39, 0.29) is 11.5 Å². The Kier molecular flexibility index (Phi) is 5.73. The van der Waals surface area contributed by atoms with Crippen LogP contribution in [0.1, 0.15) is 17.3 Å².